The summed E-state index contributed by atoms with van der Waals surface area (Å²) in [4.78, 5) is 0. The molecule has 0 radical (unpaired) electrons. The van der Waals surface area contributed by atoms with Crippen LogP contribution in [0.5, 0.6) is 17.2 Å². The number of hydrogen-bond acceptors (Lipinski definition) is 4. The number of rotatable bonds is 2. The third-order valence-electron chi connectivity index (χ3n) is 3.57. The van der Waals surface area contributed by atoms with E-state index < -0.39 is 0 Å². The number of phenols is 2. The first-order chi connectivity index (χ1) is 7.39. The molecule has 4 N–H and O–H groups in total. The summed E-state index contributed by atoms with van der Waals surface area (Å²) in [6.45, 7) is 4.16. The van der Waals surface area contributed by atoms with Crippen LogP contribution in [0.25, 0.3) is 0 Å². The first-order valence-corrected chi connectivity index (χ1v) is 5.25. The summed E-state index contributed by atoms with van der Waals surface area (Å²) in [5, 5.41) is 19.1. The largest absolute Gasteiger partial charge is 0.504 e. The molecular weight excluding hydrogens is 206 g/mol. The minimum Gasteiger partial charge on any atom is -0.504 e. The molecule has 1 aromatic rings. The van der Waals surface area contributed by atoms with Crippen molar-refractivity contribution in [1.29, 1.82) is 0 Å². The second kappa shape index (κ2) is 3.28. The zero-order valence-corrected chi connectivity index (χ0v) is 9.69. The first-order valence-electron chi connectivity index (χ1n) is 5.25. The molecule has 1 aromatic carbocycles. The zero-order valence-electron chi connectivity index (χ0n) is 9.69. The second-order valence-electron chi connectivity index (χ2n) is 4.92. The average molecular weight is 223 g/mol. The van der Waals surface area contributed by atoms with Crippen LogP contribution < -0.4 is 10.5 Å². The van der Waals surface area contributed by atoms with Gasteiger partial charge in [-0.05, 0) is 23.1 Å². The summed E-state index contributed by atoms with van der Waals surface area (Å²) in [5.41, 5.74) is 6.91. The number of ether oxygens (including phenoxy) is 1. The van der Waals surface area contributed by atoms with Crippen LogP contribution in [0.15, 0.2) is 12.1 Å². The molecule has 2 atom stereocenters. The SMILES string of the molecule is COc1cc([C@H]2[C@H](N)C2(C)C)cc(O)c1O. The molecule has 4 heteroatoms. The maximum atomic E-state index is 9.57. The number of phenolic OH excluding ortho intramolecular Hbond substituents is 2. The van der Waals surface area contributed by atoms with Crippen LogP contribution in [-0.2, 0) is 0 Å². The van der Waals surface area contributed by atoms with Crippen molar-refractivity contribution in [1.82, 2.24) is 0 Å². The van der Waals surface area contributed by atoms with Crippen LogP contribution in [0.3, 0.4) is 0 Å². The molecule has 1 saturated carbocycles. The normalized spacial score (nSPS) is 26.5. The lowest BCUT2D eigenvalue weighted by Gasteiger charge is -2.09. The molecule has 0 spiro atoms. The van der Waals surface area contributed by atoms with Crippen LogP contribution in [-0.4, -0.2) is 23.4 Å². The lowest BCUT2D eigenvalue weighted by atomic mass is 10.0. The molecule has 0 bridgehead atoms. The smallest absolute Gasteiger partial charge is 0.200 e. The Morgan fingerprint density at radius 3 is 2.31 bits per heavy atom. The minimum absolute atomic E-state index is 0.0361. The fourth-order valence-corrected chi connectivity index (χ4v) is 2.26. The van der Waals surface area contributed by atoms with Gasteiger partial charge < -0.3 is 20.7 Å². The van der Waals surface area contributed by atoms with Crippen molar-refractivity contribution >= 4 is 0 Å². The molecule has 88 valence electrons. The highest BCUT2D eigenvalue weighted by Crippen LogP contribution is 2.58. The van der Waals surface area contributed by atoms with Crippen molar-refractivity contribution in [3.05, 3.63) is 17.7 Å². The van der Waals surface area contributed by atoms with Crippen molar-refractivity contribution in [2.75, 3.05) is 7.11 Å². The Balaban J connectivity index is 2.41. The molecule has 2 rings (SSSR count). The fourth-order valence-electron chi connectivity index (χ4n) is 2.26. The van der Waals surface area contributed by atoms with Crippen molar-refractivity contribution in [3.63, 3.8) is 0 Å². The first kappa shape index (κ1) is 11.1. The fraction of sp³-hybridized carbons (Fsp3) is 0.500. The van der Waals surface area contributed by atoms with E-state index in [4.69, 9.17) is 10.5 Å². The summed E-state index contributed by atoms with van der Waals surface area (Å²) >= 11 is 0. The van der Waals surface area contributed by atoms with E-state index >= 15 is 0 Å². The van der Waals surface area contributed by atoms with Crippen LogP contribution in [0.2, 0.25) is 0 Å². The number of benzene rings is 1. The summed E-state index contributed by atoms with van der Waals surface area (Å²) in [7, 11) is 1.45. The average Bonchev–Trinajstić information content (AvgIpc) is 2.71. The van der Waals surface area contributed by atoms with Crippen molar-refractivity contribution in [3.8, 4) is 17.2 Å². The van der Waals surface area contributed by atoms with Gasteiger partial charge in [0.15, 0.2) is 11.5 Å². The van der Waals surface area contributed by atoms with Crippen LogP contribution in [0.1, 0.15) is 25.3 Å². The van der Waals surface area contributed by atoms with Gasteiger partial charge in [0.25, 0.3) is 0 Å². The minimum atomic E-state index is -0.224. The number of nitrogens with two attached hydrogens (primary N) is 1. The summed E-state index contributed by atoms with van der Waals surface area (Å²) in [5.74, 6) is 0.0975. The zero-order chi connectivity index (χ0) is 12.1. The number of hydrogen-bond donors (Lipinski definition) is 3. The molecule has 1 aliphatic rings. The molecule has 0 amide bonds. The van der Waals surface area contributed by atoms with Gasteiger partial charge in [-0.25, -0.2) is 0 Å². The Hall–Kier alpha value is -1.42. The van der Waals surface area contributed by atoms with E-state index in [-0.39, 0.29) is 34.6 Å². The molecule has 0 heterocycles. The van der Waals surface area contributed by atoms with Crippen molar-refractivity contribution in [2.45, 2.75) is 25.8 Å². The number of methoxy groups -OCH3 is 1. The Morgan fingerprint density at radius 2 is 1.88 bits per heavy atom. The second-order valence-corrected chi connectivity index (χ2v) is 4.92. The van der Waals surface area contributed by atoms with Gasteiger partial charge in [-0.1, -0.05) is 13.8 Å². The Labute approximate surface area is 94.7 Å². The topological polar surface area (TPSA) is 75.7 Å². The third kappa shape index (κ3) is 1.41. The Bertz CT molecular complexity index is 429. The molecule has 0 unspecified atom stereocenters. The van der Waals surface area contributed by atoms with E-state index in [2.05, 4.69) is 13.8 Å². The van der Waals surface area contributed by atoms with Gasteiger partial charge >= 0.3 is 0 Å². The van der Waals surface area contributed by atoms with E-state index in [1.165, 1.54) is 7.11 Å². The van der Waals surface area contributed by atoms with Crippen molar-refractivity contribution in [2.24, 2.45) is 11.1 Å². The predicted octanol–water partition coefficient (Wildman–Crippen LogP) is 1.56. The maximum absolute atomic E-state index is 9.57. The summed E-state index contributed by atoms with van der Waals surface area (Å²) in [6.07, 6.45) is 0. The van der Waals surface area contributed by atoms with Crippen LogP contribution >= 0.6 is 0 Å². The molecule has 1 fully saturated rings. The maximum Gasteiger partial charge on any atom is 0.200 e. The van der Waals surface area contributed by atoms with Gasteiger partial charge in [0.2, 0.25) is 5.75 Å². The van der Waals surface area contributed by atoms with E-state index in [0.717, 1.165) is 5.56 Å². The van der Waals surface area contributed by atoms with Gasteiger partial charge in [0.1, 0.15) is 0 Å². The third-order valence-corrected chi connectivity index (χ3v) is 3.57. The Kier molecular flexibility index (Phi) is 2.27. The van der Waals surface area contributed by atoms with Gasteiger partial charge in [0, 0.05) is 12.0 Å². The molecule has 0 aromatic heterocycles. The summed E-state index contributed by atoms with van der Waals surface area (Å²) < 4.78 is 5.00. The van der Waals surface area contributed by atoms with Gasteiger partial charge in [-0.2, -0.15) is 0 Å². The molecule has 0 saturated heterocycles. The predicted molar refractivity (Wildman–Crippen MR) is 60.8 cm³/mol. The van der Waals surface area contributed by atoms with Crippen LogP contribution in [0.4, 0.5) is 0 Å². The highest BCUT2D eigenvalue weighted by atomic mass is 16.5. The van der Waals surface area contributed by atoms with Crippen molar-refractivity contribution < 1.29 is 14.9 Å². The number of aromatic hydroxyl groups is 2. The molecule has 0 aliphatic heterocycles. The quantitative estimate of drug-likeness (QED) is 0.665. The van der Waals surface area contributed by atoms with E-state index in [1.54, 1.807) is 12.1 Å². The van der Waals surface area contributed by atoms with Gasteiger partial charge in [-0.3, -0.25) is 0 Å². The van der Waals surface area contributed by atoms with Gasteiger partial charge in [-0.15, -0.1) is 0 Å². The monoisotopic (exact) mass is 223 g/mol. The van der Waals surface area contributed by atoms with Crippen LogP contribution in [0, 0.1) is 5.41 Å². The molecular formula is C12H17NO3. The molecule has 1 aliphatic carbocycles. The molecule has 16 heavy (non-hydrogen) atoms. The van der Waals surface area contributed by atoms with E-state index in [9.17, 15) is 10.2 Å². The highest BCUT2D eigenvalue weighted by molar-refractivity contribution is 5.54. The Morgan fingerprint density at radius 1 is 1.31 bits per heavy atom. The van der Waals surface area contributed by atoms with E-state index in [0.29, 0.717) is 0 Å². The summed E-state index contributed by atoms with van der Waals surface area (Å²) in [6, 6.07) is 3.37. The lowest BCUT2D eigenvalue weighted by Crippen LogP contribution is -2.06. The van der Waals surface area contributed by atoms with Gasteiger partial charge in [0.05, 0.1) is 7.11 Å². The lowest BCUT2D eigenvalue weighted by molar-refractivity contribution is 0.350. The standard InChI is InChI=1S/C12H17NO3/c1-12(2)9(11(12)13)6-4-7(14)10(15)8(5-6)16-3/h4-5,9,11,14-15H,13H2,1-3H3/t9-,11-/m0/s1. The molecule has 4 nitrogen and oxygen atoms in total. The van der Waals surface area contributed by atoms with E-state index in [1.807, 2.05) is 0 Å². The highest BCUT2D eigenvalue weighted by Gasteiger charge is 2.56.